The van der Waals surface area contributed by atoms with Crippen LogP contribution in [0.5, 0.6) is 5.75 Å². The van der Waals surface area contributed by atoms with Crippen molar-refractivity contribution in [3.8, 4) is 5.75 Å². The Kier molecular flexibility index (Phi) is 6.05. The minimum absolute atomic E-state index is 0. The zero-order valence-corrected chi connectivity index (χ0v) is 12.8. The molecule has 0 aliphatic rings. The van der Waals surface area contributed by atoms with Gasteiger partial charge in [0.1, 0.15) is 12.4 Å². The third-order valence-corrected chi connectivity index (χ3v) is 3.46. The minimum atomic E-state index is -0.00629. The zero-order valence-electron chi connectivity index (χ0n) is 12.0. The standard InChI is InChI=1S/C17H21NO.ClH/c1-17(2,14-6-4-3-5-7-14)15-8-10-16(11-9-15)19-13-12-18;/h3-11H,12-13,18H2,1-2H3;1H. The molecule has 0 amide bonds. The number of ether oxygens (including phenoxy) is 1. The summed E-state index contributed by atoms with van der Waals surface area (Å²) in [6.45, 7) is 5.56. The third-order valence-electron chi connectivity index (χ3n) is 3.46. The highest BCUT2D eigenvalue weighted by Gasteiger charge is 2.22. The normalized spacial score (nSPS) is 10.8. The van der Waals surface area contributed by atoms with Crippen molar-refractivity contribution in [2.45, 2.75) is 19.3 Å². The Bertz CT molecular complexity index is 508. The van der Waals surface area contributed by atoms with E-state index < -0.39 is 0 Å². The van der Waals surface area contributed by atoms with Crippen LogP contribution in [0.25, 0.3) is 0 Å². The fourth-order valence-electron chi connectivity index (χ4n) is 2.17. The van der Waals surface area contributed by atoms with Crippen molar-refractivity contribution in [2.24, 2.45) is 5.73 Å². The topological polar surface area (TPSA) is 35.2 Å². The van der Waals surface area contributed by atoms with Crippen LogP contribution in [0.1, 0.15) is 25.0 Å². The van der Waals surface area contributed by atoms with Gasteiger partial charge in [0.05, 0.1) is 0 Å². The molecule has 0 aliphatic heterocycles. The third kappa shape index (κ3) is 3.75. The van der Waals surface area contributed by atoms with Gasteiger partial charge < -0.3 is 10.5 Å². The van der Waals surface area contributed by atoms with Crippen LogP contribution in [-0.2, 0) is 5.41 Å². The molecule has 0 unspecified atom stereocenters. The molecule has 20 heavy (non-hydrogen) atoms. The van der Waals surface area contributed by atoms with Crippen LogP contribution in [-0.4, -0.2) is 13.2 Å². The average Bonchev–Trinajstić information content (AvgIpc) is 2.46. The van der Waals surface area contributed by atoms with Crippen molar-refractivity contribution in [1.29, 1.82) is 0 Å². The Balaban J connectivity index is 0.00000200. The first-order chi connectivity index (χ1) is 9.14. The lowest BCUT2D eigenvalue weighted by atomic mass is 9.78. The Morgan fingerprint density at radius 3 is 2.00 bits per heavy atom. The van der Waals surface area contributed by atoms with Gasteiger partial charge in [0.25, 0.3) is 0 Å². The molecular formula is C17H22ClNO. The molecule has 2 rings (SSSR count). The molecule has 0 aliphatic carbocycles. The van der Waals surface area contributed by atoms with E-state index in [1.54, 1.807) is 0 Å². The summed E-state index contributed by atoms with van der Waals surface area (Å²) in [6.07, 6.45) is 0. The molecule has 0 saturated carbocycles. The summed E-state index contributed by atoms with van der Waals surface area (Å²) in [6, 6.07) is 18.8. The Hall–Kier alpha value is -1.51. The van der Waals surface area contributed by atoms with Gasteiger partial charge in [-0.1, -0.05) is 56.3 Å². The van der Waals surface area contributed by atoms with Crippen molar-refractivity contribution in [3.63, 3.8) is 0 Å². The number of halogens is 1. The summed E-state index contributed by atoms with van der Waals surface area (Å²) in [5.41, 5.74) is 8.01. The fourth-order valence-corrected chi connectivity index (χ4v) is 2.17. The number of benzene rings is 2. The Morgan fingerprint density at radius 2 is 1.45 bits per heavy atom. The van der Waals surface area contributed by atoms with Crippen molar-refractivity contribution < 1.29 is 4.74 Å². The van der Waals surface area contributed by atoms with E-state index in [4.69, 9.17) is 10.5 Å². The molecule has 0 aromatic heterocycles. The van der Waals surface area contributed by atoms with Crippen LogP contribution < -0.4 is 10.5 Å². The van der Waals surface area contributed by atoms with Crippen LogP contribution in [0.2, 0.25) is 0 Å². The molecule has 0 spiro atoms. The summed E-state index contributed by atoms with van der Waals surface area (Å²) in [5.74, 6) is 0.873. The molecule has 2 N–H and O–H groups in total. The maximum atomic E-state index is 5.50. The molecule has 108 valence electrons. The van der Waals surface area contributed by atoms with Gasteiger partial charge in [0.2, 0.25) is 0 Å². The van der Waals surface area contributed by atoms with Gasteiger partial charge >= 0.3 is 0 Å². The Labute approximate surface area is 127 Å². The van der Waals surface area contributed by atoms with Crippen molar-refractivity contribution in [1.82, 2.24) is 0 Å². The van der Waals surface area contributed by atoms with Crippen LogP contribution in [0.4, 0.5) is 0 Å². The van der Waals surface area contributed by atoms with Crippen LogP contribution >= 0.6 is 12.4 Å². The van der Waals surface area contributed by atoms with Crippen LogP contribution in [0, 0.1) is 0 Å². The summed E-state index contributed by atoms with van der Waals surface area (Å²) >= 11 is 0. The fraction of sp³-hybridized carbons (Fsp3) is 0.294. The molecule has 0 bridgehead atoms. The maximum absolute atomic E-state index is 5.50. The van der Waals surface area contributed by atoms with Crippen LogP contribution in [0.3, 0.4) is 0 Å². The molecule has 0 radical (unpaired) electrons. The molecule has 3 heteroatoms. The molecule has 2 nitrogen and oxygen atoms in total. The summed E-state index contributed by atoms with van der Waals surface area (Å²) < 4.78 is 5.50. The molecular weight excluding hydrogens is 270 g/mol. The molecule has 0 fully saturated rings. The smallest absolute Gasteiger partial charge is 0.119 e. The lowest BCUT2D eigenvalue weighted by Gasteiger charge is -2.26. The van der Waals surface area contributed by atoms with E-state index in [1.165, 1.54) is 11.1 Å². The lowest BCUT2D eigenvalue weighted by Crippen LogP contribution is -2.18. The van der Waals surface area contributed by atoms with Gasteiger partial charge in [-0.3, -0.25) is 0 Å². The number of nitrogens with two attached hydrogens (primary N) is 1. The maximum Gasteiger partial charge on any atom is 0.119 e. The zero-order chi connectivity index (χ0) is 13.7. The van der Waals surface area contributed by atoms with Gasteiger partial charge in [-0.2, -0.15) is 0 Å². The van der Waals surface area contributed by atoms with E-state index in [-0.39, 0.29) is 17.8 Å². The highest BCUT2D eigenvalue weighted by atomic mass is 35.5. The second-order valence-corrected chi connectivity index (χ2v) is 5.15. The largest absolute Gasteiger partial charge is 0.492 e. The van der Waals surface area contributed by atoms with E-state index in [0.717, 1.165) is 5.75 Å². The highest BCUT2D eigenvalue weighted by molar-refractivity contribution is 5.85. The van der Waals surface area contributed by atoms with Gasteiger partial charge in [0.15, 0.2) is 0 Å². The van der Waals surface area contributed by atoms with Crippen LogP contribution in [0.15, 0.2) is 54.6 Å². The van der Waals surface area contributed by atoms with E-state index in [9.17, 15) is 0 Å². The van der Waals surface area contributed by atoms with E-state index in [0.29, 0.717) is 13.2 Å². The Morgan fingerprint density at radius 1 is 0.900 bits per heavy atom. The van der Waals surface area contributed by atoms with E-state index in [1.807, 2.05) is 18.2 Å². The first-order valence-electron chi connectivity index (χ1n) is 6.63. The second-order valence-electron chi connectivity index (χ2n) is 5.15. The quantitative estimate of drug-likeness (QED) is 0.910. The van der Waals surface area contributed by atoms with Gasteiger partial charge in [-0.15, -0.1) is 12.4 Å². The van der Waals surface area contributed by atoms with E-state index >= 15 is 0 Å². The predicted octanol–water partition coefficient (Wildman–Crippen LogP) is 3.77. The second kappa shape index (κ2) is 7.32. The molecule has 2 aromatic rings. The monoisotopic (exact) mass is 291 g/mol. The average molecular weight is 292 g/mol. The van der Waals surface area contributed by atoms with E-state index in [2.05, 4.69) is 50.2 Å². The summed E-state index contributed by atoms with van der Waals surface area (Å²) in [4.78, 5) is 0. The van der Waals surface area contributed by atoms with Crippen molar-refractivity contribution >= 4 is 12.4 Å². The molecule has 0 saturated heterocycles. The molecule has 0 atom stereocenters. The van der Waals surface area contributed by atoms with Crippen molar-refractivity contribution in [2.75, 3.05) is 13.2 Å². The number of rotatable bonds is 5. The van der Waals surface area contributed by atoms with Gasteiger partial charge in [-0.05, 0) is 23.3 Å². The molecule has 2 aromatic carbocycles. The summed E-state index contributed by atoms with van der Waals surface area (Å²) in [7, 11) is 0. The minimum Gasteiger partial charge on any atom is -0.492 e. The van der Waals surface area contributed by atoms with Crippen molar-refractivity contribution in [3.05, 3.63) is 65.7 Å². The van der Waals surface area contributed by atoms with Gasteiger partial charge in [-0.25, -0.2) is 0 Å². The predicted molar refractivity (Wildman–Crippen MR) is 86.8 cm³/mol. The lowest BCUT2D eigenvalue weighted by molar-refractivity contribution is 0.328. The number of hydrogen-bond donors (Lipinski definition) is 1. The first kappa shape index (κ1) is 16.5. The highest BCUT2D eigenvalue weighted by Crippen LogP contribution is 2.32. The molecule has 0 heterocycles. The first-order valence-corrected chi connectivity index (χ1v) is 6.63. The van der Waals surface area contributed by atoms with Gasteiger partial charge in [0, 0.05) is 12.0 Å². The SMILES string of the molecule is CC(C)(c1ccccc1)c1ccc(OCCN)cc1.Cl. The number of hydrogen-bond acceptors (Lipinski definition) is 2. The summed E-state index contributed by atoms with van der Waals surface area (Å²) in [5, 5.41) is 0.